The van der Waals surface area contributed by atoms with Crippen LogP contribution < -0.4 is 10.6 Å². The Bertz CT molecular complexity index is 2190. The summed E-state index contributed by atoms with van der Waals surface area (Å²) < 4.78 is 50.4. The highest BCUT2D eigenvalue weighted by Gasteiger charge is 2.69. The Balaban J connectivity index is 1.04. The van der Waals surface area contributed by atoms with Crippen molar-refractivity contribution < 1.29 is 56.7 Å². The summed E-state index contributed by atoms with van der Waals surface area (Å²) in [6, 6.07) is 24.9. The topological polar surface area (TPSA) is 169 Å². The number of nitrogens with zero attached hydrogens (tertiary/aromatic N) is 1. The molecule has 3 amide bonds. The maximum atomic E-state index is 14.8. The van der Waals surface area contributed by atoms with Crippen molar-refractivity contribution in [1.29, 1.82) is 0 Å². The molecule has 0 aromatic heterocycles. The maximum Gasteiger partial charge on any atom is 0.410 e. The van der Waals surface area contributed by atoms with Gasteiger partial charge in [-0.2, -0.15) is 0 Å². The molecule has 2 N–H and O–H groups in total. The molecule has 3 aromatic rings. The summed E-state index contributed by atoms with van der Waals surface area (Å²) in [6.45, 7) is 10.0. The van der Waals surface area contributed by atoms with Gasteiger partial charge in [-0.25, -0.2) is 14.6 Å². The van der Waals surface area contributed by atoms with E-state index in [9.17, 15) is 18.9 Å². The molecule has 2 bridgehead atoms. The summed E-state index contributed by atoms with van der Waals surface area (Å²) in [4.78, 5) is 57.1. The van der Waals surface area contributed by atoms with Crippen LogP contribution in [0.2, 0.25) is 0 Å². The Morgan fingerprint density at radius 2 is 1.53 bits per heavy atom. The quantitative estimate of drug-likeness (QED) is 0.0982. The van der Waals surface area contributed by atoms with Crippen molar-refractivity contribution in [2.75, 3.05) is 19.8 Å². The lowest BCUT2D eigenvalue weighted by Gasteiger charge is -2.60. The van der Waals surface area contributed by atoms with Gasteiger partial charge >= 0.3 is 13.7 Å². The van der Waals surface area contributed by atoms with Crippen LogP contribution in [0.3, 0.4) is 0 Å². The highest BCUT2D eigenvalue weighted by atomic mass is 31.2. The molecule has 356 valence electrons. The first-order valence-corrected chi connectivity index (χ1v) is 25.1. The van der Waals surface area contributed by atoms with E-state index in [1.807, 2.05) is 97.9 Å². The molecule has 5 aliphatic heterocycles. The summed E-state index contributed by atoms with van der Waals surface area (Å²) in [7, 11) is -3.63. The van der Waals surface area contributed by atoms with E-state index in [0.717, 1.165) is 30.4 Å². The first-order valence-electron chi connectivity index (χ1n) is 23.4. The summed E-state index contributed by atoms with van der Waals surface area (Å²) in [5.41, 5.74) is 1.50. The SMILES string of the molecule is CCOP(=O)(/C=C/C(NC(=O)[C@H](Cc1ccccc1)NC(=O)[C@@H]1C[C@@H](O[C@H]2O[C@@H]3O[C@]4(C)CC[C@H]5[C@H](C)CC[C@@H]([C@H]2C)[C@@]35OO4)CN1C(=O)OCc1ccccc1)c1ccccc1)OCC. The van der Waals surface area contributed by atoms with Crippen molar-refractivity contribution in [3.63, 3.8) is 0 Å². The van der Waals surface area contributed by atoms with Crippen molar-refractivity contribution in [1.82, 2.24) is 15.5 Å². The van der Waals surface area contributed by atoms with Crippen LogP contribution >= 0.6 is 7.60 Å². The average Bonchev–Trinajstić information content (AvgIpc) is 3.61. The number of amides is 3. The van der Waals surface area contributed by atoms with Gasteiger partial charge in [0.15, 0.2) is 18.2 Å². The molecule has 1 unspecified atom stereocenters. The second-order valence-electron chi connectivity index (χ2n) is 18.3. The van der Waals surface area contributed by atoms with Crippen LogP contribution in [0.5, 0.6) is 0 Å². The average molecular weight is 930 g/mol. The van der Waals surface area contributed by atoms with Crippen molar-refractivity contribution >= 4 is 25.5 Å². The number of nitrogens with one attached hydrogen (secondary N) is 2. The number of ether oxygens (including phenoxy) is 4. The Morgan fingerprint density at radius 3 is 2.21 bits per heavy atom. The number of hydrogen-bond donors (Lipinski definition) is 2. The third-order valence-electron chi connectivity index (χ3n) is 13.9. The molecule has 1 spiro atoms. The first-order chi connectivity index (χ1) is 31.8. The summed E-state index contributed by atoms with van der Waals surface area (Å²) in [5.74, 6) is -0.230. The van der Waals surface area contributed by atoms with Gasteiger partial charge in [0.25, 0.3) is 0 Å². The molecular weight excluding hydrogens is 866 g/mol. The van der Waals surface area contributed by atoms with E-state index in [-0.39, 0.29) is 57.0 Å². The molecule has 6 fully saturated rings. The minimum atomic E-state index is -3.63. The Labute approximate surface area is 387 Å². The molecule has 66 heavy (non-hydrogen) atoms. The second kappa shape index (κ2) is 20.8. The summed E-state index contributed by atoms with van der Waals surface area (Å²) >= 11 is 0. The minimum Gasteiger partial charge on any atom is -0.445 e. The highest BCUT2D eigenvalue weighted by Crippen LogP contribution is 2.61. The number of carbonyl (C=O) groups is 3. The lowest BCUT2D eigenvalue weighted by atomic mass is 9.58. The summed E-state index contributed by atoms with van der Waals surface area (Å²) in [6.07, 6.45) is 2.48. The van der Waals surface area contributed by atoms with Crippen LogP contribution in [0.15, 0.2) is 103 Å². The normalized spacial score (nSPS) is 31.4. The van der Waals surface area contributed by atoms with Crippen LogP contribution in [0.4, 0.5) is 4.79 Å². The van der Waals surface area contributed by atoms with Crippen LogP contribution in [0, 0.1) is 23.7 Å². The van der Waals surface area contributed by atoms with E-state index in [2.05, 4.69) is 24.5 Å². The van der Waals surface area contributed by atoms with Gasteiger partial charge in [0.2, 0.25) is 17.6 Å². The van der Waals surface area contributed by atoms with Gasteiger partial charge in [-0.15, -0.1) is 0 Å². The molecule has 12 atom stereocenters. The number of carbonyl (C=O) groups excluding carboxylic acids is 3. The number of hydrogen-bond acceptors (Lipinski definition) is 12. The molecule has 1 saturated carbocycles. The van der Waals surface area contributed by atoms with Crippen molar-refractivity contribution in [3.05, 3.63) is 120 Å². The van der Waals surface area contributed by atoms with Gasteiger partial charge in [0.1, 0.15) is 18.7 Å². The molecule has 15 nitrogen and oxygen atoms in total. The molecule has 5 saturated heterocycles. The third-order valence-corrected chi connectivity index (χ3v) is 15.7. The van der Waals surface area contributed by atoms with E-state index in [0.29, 0.717) is 17.9 Å². The van der Waals surface area contributed by atoms with E-state index < -0.39 is 73.7 Å². The highest BCUT2D eigenvalue weighted by molar-refractivity contribution is 7.57. The molecule has 3 aromatic carbocycles. The largest absolute Gasteiger partial charge is 0.445 e. The van der Waals surface area contributed by atoms with E-state index in [1.165, 1.54) is 10.7 Å². The van der Waals surface area contributed by atoms with Crippen molar-refractivity contribution in [3.8, 4) is 0 Å². The Kier molecular flexibility index (Phi) is 15.2. The maximum absolute atomic E-state index is 14.8. The zero-order chi connectivity index (χ0) is 46.5. The van der Waals surface area contributed by atoms with E-state index >= 15 is 0 Å². The number of benzene rings is 3. The smallest absolute Gasteiger partial charge is 0.410 e. The van der Waals surface area contributed by atoms with Gasteiger partial charge in [-0.1, -0.05) is 105 Å². The fourth-order valence-electron chi connectivity index (χ4n) is 10.5. The predicted octanol–water partition coefficient (Wildman–Crippen LogP) is 8.36. The first kappa shape index (κ1) is 48.0. The Morgan fingerprint density at radius 1 is 0.864 bits per heavy atom. The molecule has 0 radical (unpaired) electrons. The zero-order valence-corrected chi connectivity index (χ0v) is 39.3. The van der Waals surface area contributed by atoms with Gasteiger partial charge in [-0.3, -0.25) is 19.1 Å². The number of rotatable bonds is 17. The van der Waals surface area contributed by atoms with Crippen molar-refractivity contribution in [2.45, 2.75) is 128 Å². The van der Waals surface area contributed by atoms with Crippen LogP contribution in [0.1, 0.15) is 89.5 Å². The third kappa shape index (κ3) is 10.5. The molecule has 9 rings (SSSR count). The van der Waals surface area contributed by atoms with Gasteiger partial charge in [-0.05, 0) is 74.6 Å². The van der Waals surface area contributed by atoms with Gasteiger partial charge in [0, 0.05) is 36.9 Å². The summed E-state index contributed by atoms with van der Waals surface area (Å²) in [5, 5.41) is 6.06. The Hall–Kier alpha value is -4.44. The zero-order valence-electron chi connectivity index (χ0n) is 38.5. The van der Waals surface area contributed by atoms with Crippen molar-refractivity contribution in [2.24, 2.45) is 23.7 Å². The van der Waals surface area contributed by atoms with Gasteiger partial charge < -0.3 is 38.6 Å². The molecular formula is C50H64N3O12P. The van der Waals surface area contributed by atoms with E-state index in [1.54, 1.807) is 19.9 Å². The van der Waals surface area contributed by atoms with Crippen LogP contribution in [-0.2, 0) is 65.0 Å². The van der Waals surface area contributed by atoms with Crippen LogP contribution in [-0.4, -0.2) is 84.7 Å². The number of fused-ring (bicyclic) bond motifs is 2. The monoisotopic (exact) mass is 929 g/mol. The lowest BCUT2D eigenvalue weighted by molar-refractivity contribution is -0.578. The molecule has 16 heteroatoms. The molecule has 1 aliphatic carbocycles. The van der Waals surface area contributed by atoms with E-state index in [4.69, 9.17) is 37.8 Å². The lowest BCUT2D eigenvalue weighted by Crippen LogP contribution is -2.70. The van der Waals surface area contributed by atoms with Gasteiger partial charge in [0.05, 0.1) is 31.9 Å². The predicted molar refractivity (Wildman–Crippen MR) is 243 cm³/mol. The fraction of sp³-hybridized carbons (Fsp3) is 0.540. The van der Waals surface area contributed by atoms with Crippen LogP contribution in [0.25, 0.3) is 0 Å². The minimum absolute atomic E-state index is 0.00499. The standard InChI is InChI=1S/C50H64N3O12P/c1-6-59-66(57,60-7-2)28-26-41(37-21-15-10-16-22-37)51-44(54)42(29-35-17-11-8-12-18-35)52-45(55)43-30-38(31-53(43)48(56)58-32-36-19-13-9-14-20-36)61-46-34(4)40-24-23-33(3)39-25-27-49(5)63-47(62-46)50(39,40)65-64-49/h8-22,26,28,33-34,38-43,46-47H,6-7,23-25,27,29-32H2,1-5H3,(H,51,54)(H,52,55)/b28-26+/t33-,34-,38-,39+,40+,41?,42+,43+,46+,47-,49+,50-/m1/s1. The number of likely N-dealkylation sites (tertiary alicyclic amines) is 1. The molecule has 6 aliphatic rings. The second-order valence-corrected chi connectivity index (χ2v) is 20.2. The fourth-order valence-corrected chi connectivity index (χ4v) is 11.9. The molecule has 5 heterocycles.